The fraction of sp³-hybridized carbons (Fsp3) is 0.833. The molecular formula is C12H15NO5. The van der Waals surface area contributed by atoms with Gasteiger partial charge < -0.3 is 19.1 Å². The van der Waals surface area contributed by atoms with Gasteiger partial charge in [0.25, 0.3) is 5.91 Å². The maximum Gasteiger partial charge on any atom is 0.348 e. The number of carbonyl (C=O) groups excluding carboxylic acids is 2. The van der Waals surface area contributed by atoms with Gasteiger partial charge in [-0.1, -0.05) is 0 Å². The Hall–Kier alpha value is -1.14. The van der Waals surface area contributed by atoms with Crippen LogP contribution in [0.1, 0.15) is 19.3 Å². The molecule has 4 aliphatic heterocycles. The molecule has 6 nitrogen and oxygen atoms in total. The molecule has 0 aromatic carbocycles. The van der Waals surface area contributed by atoms with Crippen molar-refractivity contribution in [1.29, 1.82) is 0 Å². The quantitative estimate of drug-likeness (QED) is 0.473. The second-order valence-electron chi connectivity index (χ2n) is 5.49. The summed E-state index contributed by atoms with van der Waals surface area (Å²) in [6.45, 7) is 1.21. The molecule has 6 heteroatoms. The lowest BCUT2D eigenvalue weighted by Gasteiger charge is -2.43. The first-order valence-electron chi connectivity index (χ1n) is 6.37. The van der Waals surface area contributed by atoms with E-state index in [1.807, 2.05) is 0 Å². The number of esters is 1. The number of fused-ring (bicyclic) bond motifs is 1. The molecule has 0 radical (unpaired) electrons. The third kappa shape index (κ3) is 0.883. The average Bonchev–Trinajstić information content (AvgIpc) is 2.96. The molecule has 0 aromatic heterocycles. The predicted octanol–water partition coefficient (Wildman–Crippen LogP) is -0.334. The number of nitrogens with zero attached hydrogens (tertiary/aromatic N) is 1. The van der Waals surface area contributed by atoms with Gasteiger partial charge in [0.15, 0.2) is 5.72 Å². The van der Waals surface area contributed by atoms with Crippen molar-refractivity contribution in [2.45, 2.75) is 36.7 Å². The van der Waals surface area contributed by atoms with Gasteiger partial charge in [-0.05, 0) is 12.8 Å². The molecule has 1 spiro atoms. The monoisotopic (exact) mass is 253 g/mol. The van der Waals surface area contributed by atoms with E-state index in [9.17, 15) is 9.59 Å². The highest BCUT2D eigenvalue weighted by atomic mass is 16.6. The third-order valence-electron chi connectivity index (χ3n) is 4.79. The summed E-state index contributed by atoms with van der Waals surface area (Å²) in [6, 6.07) is 0. The Morgan fingerprint density at radius 3 is 3.17 bits per heavy atom. The largest absolute Gasteiger partial charge is 0.466 e. The standard InChI is InChI=1S/C12H15NO5/c1-16-10(15)11-5-7-6-17-8-3-2-4-13(9(11)14)12(7,8)18-11/h7-8H,2-6H2,1H3/t7-,8+,11-,12-/m1/s1. The van der Waals surface area contributed by atoms with Gasteiger partial charge in [0.1, 0.15) is 6.10 Å². The second-order valence-corrected chi connectivity index (χ2v) is 5.49. The molecule has 0 saturated carbocycles. The Morgan fingerprint density at radius 2 is 2.39 bits per heavy atom. The van der Waals surface area contributed by atoms with Crippen LogP contribution in [-0.4, -0.2) is 54.5 Å². The number of amides is 1. The van der Waals surface area contributed by atoms with Crippen molar-refractivity contribution in [3.8, 4) is 0 Å². The van der Waals surface area contributed by atoms with E-state index in [2.05, 4.69) is 0 Å². The predicted molar refractivity (Wildman–Crippen MR) is 57.4 cm³/mol. The second kappa shape index (κ2) is 3.05. The van der Waals surface area contributed by atoms with Gasteiger partial charge in [-0.3, -0.25) is 4.79 Å². The Bertz CT molecular complexity index is 450. The molecular weight excluding hydrogens is 238 g/mol. The van der Waals surface area contributed by atoms with Crippen LogP contribution in [-0.2, 0) is 23.8 Å². The molecule has 0 N–H and O–H groups in total. The van der Waals surface area contributed by atoms with Gasteiger partial charge in [-0.2, -0.15) is 0 Å². The molecule has 4 aliphatic rings. The number of rotatable bonds is 1. The van der Waals surface area contributed by atoms with Crippen molar-refractivity contribution < 1.29 is 23.8 Å². The average molecular weight is 253 g/mol. The van der Waals surface area contributed by atoms with Gasteiger partial charge in [-0.25, -0.2) is 4.79 Å². The van der Waals surface area contributed by atoms with Crippen LogP contribution in [0.2, 0.25) is 0 Å². The highest BCUT2D eigenvalue weighted by Gasteiger charge is 2.79. The lowest BCUT2D eigenvalue weighted by molar-refractivity contribution is -0.182. The molecule has 4 fully saturated rings. The Morgan fingerprint density at radius 1 is 1.56 bits per heavy atom. The summed E-state index contributed by atoms with van der Waals surface area (Å²) in [6.07, 6.45) is 2.09. The molecule has 98 valence electrons. The van der Waals surface area contributed by atoms with Crippen LogP contribution in [0.5, 0.6) is 0 Å². The molecule has 4 rings (SSSR count). The molecule has 4 heterocycles. The maximum atomic E-state index is 12.5. The van der Waals surface area contributed by atoms with Crippen LogP contribution in [0.3, 0.4) is 0 Å². The minimum atomic E-state index is -1.40. The zero-order chi connectivity index (χ0) is 12.5. The number of piperidine rings is 2. The van der Waals surface area contributed by atoms with E-state index < -0.39 is 17.3 Å². The van der Waals surface area contributed by atoms with E-state index in [1.54, 1.807) is 4.90 Å². The highest BCUT2D eigenvalue weighted by molar-refractivity contribution is 6.08. The zero-order valence-electron chi connectivity index (χ0n) is 10.2. The van der Waals surface area contributed by atoms with Crippen LogP contribution in [0.25, 0.3) is 0 Å². The van der Waals surface area contributed by atoms with E-state index in [1.165, 1.54) is 7.11 Å². The van der Waals surface area contributed by atoms with E-state index in [0.717, 1.165) is 12.8 Å². The van der Waals surface area contributed by atoms with E-state index in [4.69, 9.17) is 14.2 Å². The first-order chi connectivity index (χ1) is 8.65. The zero-order valence-corrected chi connectivity index (χ0v) is 10.2. The lowest BCUT2D eigenvalue weighted by atomic mass is 9.79. The summed E-state index contributed by atoms with van der Waals surface area (Å²) >= 11 is 0. The van der Waals surface area contributed by atoms with E-state index in [-0.39, 0.29) is 17.9 Å². The number of hydrogen-bond acceptors (Lipinski definition) is 5. The molecule has 4 saturated heterocycles. The van der Waals surface area contributed by atoms with Crippen molar-refractivity contribution in [2.75, 3.05) is 20.3 Å². The smallest absolute Gasteiger partial charge is 0.348 e. The number of ether oxygens (including phenoxy) is 3. The normalized spacial score (nSPS) is 48.5. The fourth-order valence-corrected chi connectivity index (χ4v) is 4.09. The van der Waals surface area contributed by atoms with Gasteiger partial charge >= 0.3 is 5.97 Å². The summed E-state index contributed by atoms with van der Waals surface area (Å²) in [5.41, 5.74) is -2.09. The molecule has 4 atom stereocenters. The molecule has 18 heavy (non-hydrogen) atoms. The molecule has 0 unspecified atom stereocenters. The van der Waals surface area contributed by atoms with Crippen LogP contribution in [0.15, 0.2) is 0 Å². The van der Waals surface area contributed by atoms with Crippen molar-refractivity contribution in [1.82, 2.24) is 4.90 Å². The summed E-state index contributed by atoms with van der Waals surface area (Å²) in [5.74, 6) is -0.704. The van der Waals surface area contributed by atoms with Crippen molar-refractivity contribution in [3.63, 3.8) is 0 Å². The first-order valence-corrected chi connectivity index (χ1v) is 6.37. The first kappa shape index (κ1) is 10.8. The minimum absolute atomic E-state index is 0.0887. The molecule has 0 aliphatic carbocycles. The lowest BCUT2D eigenvalue weighted by Crippen LogP contribution is -2.61. The SMILES string of the molecule is COC(=O)[C@@]12C[C@@H]3CO[C@H]4CCCN(C1=O)[C@@]34O2. The Kier molecular flexibility index (Phi) is 1.82. The summed E-state index contributed by atoms with van der Waals surface area (Å²) in [4.78, 5) is 26.2. The fourth-order valence-electron chi connectivity index (χ4n) is 4.09. The number of hydrogen-bond donors (Lipinski definition) is 0. The molecule has 1 amide bonds. The maximum absolute atomic E-state index is 12.5. The van der Waals surface area contributed by atoms with E-state index in [0.29, 0.717) is 19.6 Å². The highest BCUT2D eigenvalue weighted by Crippen LogP contribution is 2.59. The van der Waals surface area contributed by atoms with Crippen molar-refractivity contribution in [3.05, 3.63) is 0 Å². The van der Waals surface area contributed by atoms with Crippen molar-refractivity contribution >= 4 is 11.9 Å². The summed E-state index contributed by atoms with van der Waals surface area (Å²) in [7, 11) is 1.30. The number of carbonyl (C=O) groups is 2. The van der Waals surface area contributed by atoms with Crippen LogP contribution in [0, 0.1) is 5.92 Å². The number of methoxy groups -OCH3 is 1. The van der Waals surface area contributed by atoms with Crippen LogP contribution in [0.4, 0.5) is 0 Å². The minimum Gasteiger partial charge on any atom is -0.466 e. The summed E-state index contributed by atoms with van der Waals surface area (Å²) in [5, 5.41) is 0. The third-order valence-corrected chi connectivity index (χ3v) is 4.79. The Balaban J connectivity index is 1.84. The Labute approximate surface area is 104 Å². The van der Waals surface area contributed by atoms with Crippen LogP contribution < -0.4 is 0 Å². The van der Waals surface area contributed by atoms with Gasteiger partial charge in [0, 0.05) is 18.9 Å². The molecule has 0 aromatic rings. The summed E-state index contributed by atoms with van der Waals surface area (Å²) < 4.78 is 16.5. The van der Waals surface area contributed by atoms with Gasteiger partial charge in [0.05, 0.1) is 13.7 Å². The molecule has 2 bridgehead atoms. The van der Waals surface area contributed by atoms with Crippen LogP contribution >= 0.6 is 0 Å². The van der Waals surface area contributed by atoms with E-state index >= 15 is 0 Å². The van der Waals surface area contributed by atoms with Gasteiger partial charge in [-0.15, -0.1) is 0 Å². The van der Waals surface area contributed by atoms with Gasteiger partial charge in [0.2, 0.25) is 5.60 Å². The van der Waals surface area contributed by atoms with Crippen molar-refractivity contribution in [2.24, 2.45) is 5.92 Å². The topological polar surface area (TPSA) is 65.1 Å².